The third-order valence-electron chi connectivity index (χ3n) is 7.35. The van der Waals surface area contributed by atoms with Crippen LogP contribution < -0.4 is 11.3 Å². The highest BCUT2D eigenvalue weighted by Gasteiger charge is 2.55. The van der Waals surface area contributed by atoms with E-state index in [0.29, 0.717) is 39.2 Å². The van der Waals surface area contributed by atoms with E-state index >= 15 is 0 Å². The number of hydrogen-bond donors (Lipinski definition) is 2. The van der Waals surface area contributed by atoms with Gasteiger partial charge in [-0.3, -0.25) is 9.36 Å². The third kappa shape index (κ3) is 3.07. The molecule has 0 radical (unpaired) electrons. The number of nitrogen functional groups attached to an aromatic ring is 1. The first kappa shape index (κ1) is 21.3. The van der Waals surface area contributed by atoms with Gasteiger partial charge in [0.05, 0.1) is 34.7 Å². The lowest BCUT2D eigenvalue weighted by Gasteiger charge is -2.17. The van der Waals surface area contributed by atoms with Gasteiger partial charge in [-0.2, -0.15) is 4.68 Å². The lowest BCUT2D eigenvalue weighted by molar-refractivity contribution is 0.460. The Morgan fingerprint density at radius 2 is 2.08 bits per heavy atom. The molecule has 0 saturated heterocycles. The molecule has 2 aromatic carbocycles. The summed E-state index contributed by atoms with van der Waals surface area (Å²) in [6, 6.07) is 12.3. The van der Waals surface area contributed by atoms with Crippen molar-refractivity contribution in [2.75, 3.05) is 5.73 Å². The highest BCUT2D eigenvalue weighted by molar-refractivity contribution is 6.31. The minimum absolute atomic E-state index is 0.139. The molecule has 5 heterocycles. The molecule has 0 bridgehead atoms. The summed E-state index contributed by atoms with van der Waals surface area (Å²) in [5.41, 5.74) is 9.87. The van der Waals surface area contributed by atoms with Crippen LogP contribution in [0.5, 0.6) is 0 Å². The Balaban J connectivity index is 1.20. The Hall–Kier alpha value is -4.84. The smallest absolute Gasteiger partial charge is 0.254 e. The fourth-order valence-corrected chi connectivity index (χ4v) is 5.70. The van der Waals surface area contributed by atoms with Crippen LogP contribution in [-0.4, -0.2) is 44.9 Å². The van der Waals surface area contributed by atoms with Gasteiger partial charge in [-0.05, 0) is 53.1 Å². The van der Waals surface area contributed by atoms with Gasteiger partial charge in [0, 0.05) is 28.1 Å². The van der Waals surface area contributed by atoms with Crippen LogP contribution in [0.15, 0.2) is 64.3 Å². The summed E-state index contributed by atoms with van der Waals surface area (Å²) in [4.78, 5) is 26.5. The number of aromatic amines is 1. The monoisotopic (exact) mass is 524 g/mol. The third-order valence-corrected chi connectivity index (χ3v) is 7.59. The maximum Gasteiger partial charge on any atom is 0.254 e. The molecule has 12 nitrogen and oxygen atoms in total. The zero-order valence-electron chi connectivity index (χ0n) is 19.5. The maximum absolute atomic E-state index is 13.5. The van der Waals surface area contributed by atoms with Gasteiger partial charge in [-0.1, -0.05) is 22.8 Å². The molecule has 0 amide bonds. The molecule has 6 aromatic rings. The van der Waals surface area contributed by atoms with Crippen molar-refractivity contribution in [2.45, 2.75) is 18.4 Å². The largest absolute Gasteiger partial charge is 0.380 e. The number of tetrazole rings is 1. The Bertz CT molecular complexity index is 1940. The molecule has 1 fully saturated rings. The second-order valence-electron chi connectivity index (χ2n) is 9.54. The number of H-pyrrole nitrogens is 1. The molecule has 1 aliphatic carbocycles. The van der Waals surface area contributed by atoms with Gasteiger partial charge in [-0.25, -0.2) is 9.97 Å². The first-order chi connectivity index (χ1) is 18.5. The molecular formula is C25H17ClN10O2. The summed E-state index contributed by atoms with van der Waals surface area (Å²) in [7, 11) is 0. The van der Waals surface area contributed by atoms with Crippen molar-refractivity contribution in [3.63, 3.8) is 0 Å². The number of fused-ring (bicyclic) bond motifs is 4. The normalized spacial score (nSPS) is 19.6. The fraction of sp³-hybridized carbons (Fsp3) is 0.160. The van der Waals surface area contributed by atoms with E-state index in [1.165, 1.54) is 11.0 Å². The van der Waals surface area contributed by atoms with Crippen molar-refractivity contribution in [1.82, 2.24) is 44.9 Å². The SMILES string of the molecule is Nc1noc2cc(-c3ncc(C4C5CC5c5nc(-c6cc(Cl)ccc6-n6cnnn6)cc(=O)n54)[nH]3)ccc12. The number of aromatic nitrogens is 9. The molecule has 3 atom stereocenters. The average molecular weight is 525 g/mol. The van der Waals surface area contributed by atoms with Crippen LogP contribution in [0.25, 0.3) is 39.3 Å². The van der Waals surface area contributed by atoms with Crippen LogP contribution >= 0.6 is 11.6 Å². The summed E-state index contributed by atoms with van der Waals surface area (Å²) in [5, 5.41) is 16.5. The highest BCUT2D eigenvalue weighted by Crippen LogP contribution is 2.60. The molecular weight excluding hydrogens is 508 g/mol. The Kier molecular flexibility index (Phi) is 4.24. The number of nitrogens with one attached hydrogen (secondary N) is 1. The summed E-state index contributed by atoms with van der Waals surface area (Å²) in [6.07, 6.45) is 4.23. The summed E-state index contributed by atoms with van der Waals surface area (Å²) in [5.74, 6) is 2.25. The molecule has 8 rings (SSSR count). The molecule has 3 N–H and O–H groups in total. The van der Waals surface area contributed by atoms with Gasteiger partial charge < -0.3 is 15.2 Å². The van der Waals surface area contributed by atoms with Crippen molar-refractivity contribution >= 4 is 28.4 Å². The summed E-state index contributed by atoms with van der Waals surface area (Å²) in [6.45, 7) is 0. The number of nitrogens with zero attached hydrogens (tertiary/aromatic N) is 8. The van der Waals surface area contributed by atoms with E-state index in [9.17, 15) is 4.79 Å². The summed E-state index contributed by atoms with van der Waals surface area (Å²) < 4.78 is 8.60. The molecule has 3 unspecified atom stereocenters. The van der Waals surface area contributed by atoms with E-state index in [0.717, 1.165) is 28.9 Å². The molecule has 186 valence electrons. The quantitative estimate of drug-likeness (QED) is 0.352. The Morgan fingerprint density at radius 1 is 1.16 bits per heavy atom. The van der Waals surface area contributed by atoms with Gasteiger partial charge in [0.2, 0.25) is 0 Å². The fourth-order valence-electron chi connectivity index (χ4n) is 5.53. The number of halogens is 1. The highest BCUT2D eigenvalue weighted by atomic mass is 35.5. The first-order valence-corrected chi connectivity index (χ1v) is 12.3. The molecule has 38 heavy (non-hydrogen) atoms. The van der Waals surface area contributed by atoms with Crippen LogP contribution in [0.3, 0.4) is 0 Å². The van der Waals surface area contributed by atoms with Gasteiger partial charge >= 0.3 is 0 Å². The molecule has 4 aromatic heterocycles. The summed E-state index contributed by atoms with van der Waals surface area (Å²) >= 11 is 6.31. The zero-order chi connectivity index (χ0) is 25.5. The molecule has 13 heteroatoms. The first-order valence-electron chi connectivity index (χ1n) is 11.9. The minimum Gasteiger partial charge on any atom is -0.380 e. The Labute approximate surface area is 218 Å². The predicted octanol–water partition coefficient (Wildman–Crippen LogP) is 3.36. The Morgan fingerprint density at radius 3 is 2.95 bits per heavy atom. The number of rotatable bonds is 4. The van der Waals surface area contributed by atoms with E-state index < -0.39 is 0 Å². The van der Waals surface area contributed by atoms with Crippen molar-refractivity contribution in [3.8, 4) is 28.3 Å². The van der Waals surface area contributed by atoms with Crippen molar-refractivity contribution in [2.24, 2.45) is 5.92 Å². The number of anilines is 1. The number of benzene rings is 2. The number of imidazole rings is 1. The van der Waals surface area contributed by atoms with E-state index in [4.69, 9.17) is 26.8 Å². The number of nitrogens with two attached hydrogens (primary N) is 1. The van der Waals surface area contributed by atoms with Crippen LogP contribution in [0.4, 0.5) is 5.82 Å². The lowest BCUT2D eigenvalue weighted by Crippen LogP contribution is -2.27. The second-order valence-corrected chi connectivity index (χ2v) is 9.98. The van der Waals surface area contributed by atoms with Crippen molar-refractivity contribution < 1.29 is 4.52 Å². The topological polar surface area (TPSA) is 159 Å². The van der Waals surface area contributed by atoms with Crippen molar-refractivity contribution in [1.29, 1.82) is 0 Å². The molecule has 0 spiro atoms. The zero-order valence-corrected chi connectivity index (χ0v) is 20.2. The van der Waals surface area contributed by atoms with E-state index in [2.05, 4.69) is 30.7 Å². The molecule has 2 aliphatic rings. The average Bonchev–Trinajstić information content (AvgIpc) is 3.35. The molecule has 1 aliphatic heterocycles. The molecule has 1 saturated carbocycles. The van der Waals surface area contributed by atoms with Gasteiger partial charge in [0.25, 0.3) is 5.56 Å². The lowest BCUT2D eigenvalue weighted by atomic mass is 10.1. The minimum atomic E-state index is -0.173. The van der Waals surface area contributed by atoms with E-state index in [-0.39, 0.29) is 23.4 Å². The van der Waals surface area contributed by atoms with E-state index in [1.54, 1.807) is 35.0 Å². The van der Waals surface area contributed by atoms with Gasteiger partial charge in [0.15, 0.2) is 11.4 Å². The van der Waals surface area contributed by atoms with E-state index in [1.807, 2.05) is 18.2 Å². The van der Waals surface area contributed by atoms with Gasteiger partial charge in [-0.15, -0.1) is 5.10 Å². The van der Waals surface area contributed by atoms with Crippen LogP contribution in [0, 0.1) is 5.92 Å². The van der Waals surface area contributed by atoms with Crippen LogP contribution in [0.2, 0.25) is 5.02 Å². The number of hydrogen-bond acceptors (Lipinski definition) is 9. The van der Waals surface area contributed by atoms with Crippen LogP contribution in [-0.2, 0) is 0 Å². The predicted molar refractivity (Wildman–Crippen MR) is 137 cm³/mol. The maximum atomic E-state index is 13.5. The van der Waals surface area contributed by atoms with Crippen molar-refractivity contribution in [3.05, 3.63) is 81.9 Å². The second kappa shape index (κ2) is 7.59. The standard InChI is InChI=1S/C25H17ClN10O2/c26-12-2-4-19(35-10-29-33-34-35)16(6-12)17-8-21(37)36-22(14-7-15(14)25(36)31-17)18-9-28-24(30-18)11-1-3-13-20(5-11)38-32-23(13)27/h1-6,8-10,14-15,22H,7H2,(H2,27,32)(H,28,30). The van der Waals surface area contributed by atoms with Crippen LogP contribution in [0.1, 0.15) is 29.9 Å². The van der Waals surface area contributed by atoms with Gasteiger partial charge in [0.1, 0.15) is 18.0 Å².